The zero-order valence-corrected chi connectivity index (χ0v) is 17.0. The molecule has 0 radical (unpaired) electrons. The Morgan fingerprint density at radius 1 is 1.19 bits per heavy atom. The van der Waals surface area contributed by atoms with Crippen molar-refractivity contribution in [1.82, 2.24) is 0 Å². The van der Waals surface area contributed by atoms with Gasteiger partial charge in [0, 0.05) is 17.8 Å². The number of fused-ring (bicyclic) bond motifs is 5. The lowest BCUT2D eigenvalue weighted by Crippen LogP contribution is -2.66. The van der Waals surface area contributed by atoms with E-state index < -0.39 is 11.5 Å². The summed E-state index contributed by atoms with van der Waals surface area (Å²) in [5.41, 5.74) is -0.609. The summed E-state index contributed by atoms with van der Waals surface area (Å²) in [6.45, 7) is 8.12. The minimum Gasteiger partial charge on any atom is -0.462 e. The topological polar surface area (TPSA) is 79.3 Å². The van der Waals surface area contributed by atoms with Gasteiger partial charge in [0.15, 0.2) is 0 Å². The van der Waals surface area contributed by atoms with E-state index in [-0.39, 0.29) is 47.1 Å². The van der Waals surface area contributed by atoms with E-state index in [1.54, 1.807) is 0 Å². The summed E-state index contributed by atoms with van der Waals surface area (Å²) in [6.07, 6.45) is 5.37. The number of carbonyl (C=O) groups is 1. The number of hydrogen-bond donors (Lipinski definition) is 2. The minimum atomic E-state index is -0.509. The Morgan fingerprint density at radius 3 is 2.59 bits per heavy atom. The van der Waals surface area contributed by atoms with E-state index in [2.05, 4.69) is 20.8 Å². The Kier molecular flexibility index (Phi) is 3.60. The Labute approximate surface area is 161 Å². The van der Waals surface area contributed by atoms with Crippen molar-refractivity contribution in [3.63, 3.8) is 0 Å². The first-order valence-corrected chi connectivity index (χ1v) is 10.8. The third-order valence-electron chi connectivity index (χ3n) is 9.98. The zero-order chi connectivity index (χ0) is 19.4. The van der Waals surface area contributed by atoms with Crippen molar-refractivity contribution in [3.8, 4) is 0 Å². The van der Waals surface area contributed by atoms with Crippen LogP contribution in [0.3, 0.4) is 0 Å². The number of epoxide rings is 1. The monoisotopic (exact) mass is 378 g/mol. The Hall–Kier alpha value is -0.650. The van der Waals surface area contributed by atoms with Crippen LogP contribution in [-0.4, -0.2) is 46.7 Å². The van der Waals surface area contributed by atoms with Gasteiger partial charge in [0.1, 0.15) is 6.10 Å². The normalized spacial score (nSPS) is 60.8. The fourth-order valence-electron chi connectivity index (χ4n) is 8.67. The molecule has 1 spiro atoms. The van der Waals surface area contributed by atoms with Crippen LogP contribution in [0.2, 0.25) is 0 Å². The number of aliphatic hydroxyl groups excluding tert-OH is 2. The van der Waals surface area contributed by atoms with Crippen LogP contribution < -0.4 is 0 Å². The molecule has 0 aromatic heterocycles. The fourth-order valence-corrected chi connectivity index (χ4v) is 8.67. The average Bonchev–Trinajstić information content (AvgIpc) is 3.29. The van der Waals surface area contributed by atoms with E-state index in [0.717, 1.165) is 25.7 Å². The first-order chi connectivity index (χ1) is 12.6. The SMILES string of the molecule is CC(=O)O[C@@H]1CC[C@]2(C)[C@H](C[C@H](O)[C@@]34C[C@@H](CC[C@H]23)[C@]2(C)O[C@@H]24)[C@@]1(C)CO. The molecule has 0 aromatic carbocycles. The van der Waals surface area contributed by atoms with Crippen molar-refractivity contribution in [2.24, 2.45) is 34.0 Å². The van der Waals surface area contributed by atoms with Gasteiger partial charge in [-0.3, -0.25) is 4.79 Å². The fraction of sp³-hybridized carbons (Fsp3) is 0.955. The molecule has 5 heteroatoms. The molecule has 5 aliphatic rings. The second kappa shape index (κ2) is 5.28. The minimum absolute atomic E-state index is 0.0160. The van der Waals surface area contributed by atoms with E-state index in [4.69, 9.17) is 9.47 Å². The molecule has 1 aliphatic heterocycles. The lowest BCUT2D eigenvalue weighted by Gasteiger charge is -2.66. The van der Waals surface area contributed by atoms with Gasteiger partial charge in [0.2, 0.25) is 0 Å². The summed E-state index contributed by atoms with van der Waals surface area (Å²) < 4.78 is 11.9. The second-order valence-electron chi connectivity index (χ2n) is 10.9. The number of esters is 1. The molecule has 1 saturated heterocycles. The highest BCUT2D eigenvalue weighted by molar-refractivity contribution is 5.66. The number of ether oxygens (including phenoxy) is 2. The largest absolute Gasteiger partial charge is 0.462 e. The van der Waals surface area contributed by atoms with Crippen molar-refractivity contribution in [2.75, 3.05) is 6.61 Å². The lowest BCUT2D eigenvalue weighted by molar-refractivity contribution is -0.244. The smallest absolute Gasteiger partial charge is 0.302 e. The lowest BCUT2D eigenvalue weighted by atomic mass is 9.39. The van der Waals surface area contributed by atoms with Gasteiger partial charge in [-0.15, -0.1) is 0 Å². The molecule has 1 heterocycles. The van der Waals surface area contributed by atoms with Crippen LogP contribution in [0.15, 0.2) is 0 Å². The van der Waals surface area contributed by atoms with Crippen molar-refractivity contribution < 1.29 is 24.5 Å². The Balaban J connectivity index is 1.55. The molecule has 5 fully saturated rings. The molecule has 4 saturated carbocycles. The predicted octanol–water partition coefficient (Wildman–Crippen LogP) is 2.67. The second-order valence-corrected chi connectivity index (χ2v) is 10.9. The van der Waals surface area contributed by atoms with Gasteiger partial charge in [-0.1, -0.05) is 13.8 Å². The summed E-state index contributed by atoms with van der Waals surface area (Å²) >= 11 is 0. The zero-order valence-electron chi connectivity index (χ0n) is 17.0. The van der Waals surface area contributed by atoms with Crippen molar-refractivity contribution >= 4 is 5.97 Å². The Bertz CT molecular complexity index is 680. The molecule has 0 unspecified atom stereocenters. The highest BCUT2D eigenvalue weighted by Crippen LogP contribution is 2.78. The molecule has 10 atom stereocenters. The average molecular weight is 379 g/mol. The van der Waals surface area contributed by atoms with Gasteiger partial charge in [-0.25, -0.2) is 0 Å². The molecule has 152 valence electrons. The third-order valence-corrected chi connectivity index (χ3v) is 9.98. The van der Waals surface area contributed by atoms with Gasteiger partial charge < -0.3 is 19.7 Å². The molecular weight excluding hydrogens is 344 g/mol. The van der Waals surface area contributed by atoms with E-state index >= 15 is 0 Å². The number of carbonyl (C=O) groups excluding carboxylic acids is 1. The summed E-state index contributed by atoms with van der Waals surface area (Å²) in [7, 11) is 0. The van der Waals surface area contributed by atoms with Gasteiger partial charge in [0.05, 0.1) is 24.4 Å². The van der Waals surface area contributed by atoms with Crippen LogP contribution in [0.1, 0.15) is 66.2 Å². The molecule has 0 aromatic rings. The highest BCUT2D eigenvalue weighted by Gasteiger charge is 2.81. The first-order valence-electron chi connectivity index (χ1n) is 10.8. The summed E-state index contributed by atoms with van der Waals surface area (Å²) in [5, 5.41) is 21.9. The third kappa shape index (κ3) is 1.99. The van der Waals surface area contributed by atoms with Gasteiger partial charge in [-0.05, 0) is 68.6 Å². The van der Waals surface area contributed by atoms with Crippen molar-refractivity contribution in [2.45, 2.75) is 90.1 Å². The maximum absolute atomic E-state index is 11.7. The van der Waals surface area contributed by atoms with Crippen molar-refractivity contribution in [1.29, 1.82) is 0 Å². The first kappa shape index (κ1) is 18.4. The van der Waals surface area contributed by atoms with E-state index in [0.29, 0.717) is 18.3 Å². The maximum atomic E-state index is 11.7. The van der Waals surface area contributed by atoms with E-state index in [1.807, 2.05) is 0 Å². The molecule has 5 nitrogen and oxygen atoms in total. The molecule has 2 N–H and O–H groups in total. The van der Waals surface area contributed by atoms with E-state index in [1.165, 1.54) is 13.3 Å². The highest BCUT2D eigenvalue weighted by atomic mass is 16.6. The maximum Gasteiger partial charge on any atom is 0.302 e. The van der Waals surface area contributed by atoms with Gasteiger partial charge >= 0.3 is 5.97 Å². The van der Waals surface area contributed by atoms with Gasteiger partial charge in [0.25, 0.3) is 0 Å². The van der Waals surface area contributed by atoms with Crippen molar-refractivity contribution in [3.05, 3.63) is 0 Å². The molecule has 2 bridgehead atoms. The molecule has 4 aliphatic carbocycles. The molecule has 0 amide bonds. The molecule has 5 rings (SSSR count). The quantitative estimate of drug-likeness (QED) is 0.570. The summed E-state index contributed by atoms with van der Waals surface area (Å²) in [5.74, 6) is 0.846. The number of hydrogen-bond acceptors (Lipinski definition) is 5. The summed E-state index contributed by atoms with van der Waals surface area (Å²) in [4.78, 5) is 11.7. The van der Waals surface area contributed by atoms with Crippen LogP contribution in [0.5, 0.6) is 0 Å². The number of aliphatic hydroxyl groups is 2. The van der Waals surface area contributed by atoms with Crippen LogP contribution in [0.4, 0.5) is 0 Å². The van der Waals surface area contributed by atoms with E-state index in [9.17, 15) is 15.0 Å². The van der Waals surface area contributed by atoms with Crippen LogP contribution in [0.25, 0.3) is 0 Å². The standard InChI is InChI=1S/C22H34O5/c1-12(24)26-17-7-8-19(2)14-6-5-13-10-22(14,18-21(13,4)27-18)16(25)9-15(19)20(17,3)11-23/h13-18,23,25H,5-11H2,1-4H3/t13-,14-,15+,16+,17-,18+,19+,20-,21+,22-/m1/s1. The Morgan fingerprint density at radius 2 is 1.93 bits per heavy atom. The molecule has 27 heavy (non-hydrogen) atoms. The van der Waals surface area contributed by atoms with Gasteiger partial charge in [-0.2, -0.15) is 0 Å². The van der Waals surface area contributed by atoms with Crippen LogP contribution in [-0.2, 0) is 14.3 Å². The molecular formula is C22H34O5. The van der Waals surface area contributed by atoms with Crippen LogP contribution in [0, 0.1) is 34.0 Å². The number of rotatable bonds is 2. The predicted molar refractivity (Wildman–Crippen MR) is 98.7 cm³/mol. The van der Waals surface area contributed by atoms with Crippen LogP contribution >= 0.6 is 0 Å². The summed E-state index contributed by atoms with van der Waals surface area (Å²) in [6, 6.07) is 0.